The van der Waals surface area contributed by atoms with Crippen LogP contribution in [0.15, 0.2) is 42.5 Å². The minimum absolute atomic E-state index is 0.112. The molecule has 1 aliphatic heterocycles. The molecule has 1 heterocycles. The minimum Gasteiger partial charge on any atom is -0.439 e. The van der Waals surface area contributed by atoms with Crippen molar-refractivity contribution in [3.8, 4) is 0 Å². The van der Waals surface area contributed by atoms with Gasteiger partial charge in [0, 0.05) is 6.42 Å². The van der Waals surface area contributed by atoms with Crippen molar-refractivity contribution in [1.82, 2.24) is 4.90 Å². The number of hydrogen-bond donors (Lipinski definition) is 0. The molecule has 2 amide bonds. The average molecular weight is 442 g/mol. The van der Waals surface area contributed by atoms with Gasteiger partial charge in [-0.2, -0.15) is 0 Å². The van der Waals surface area contributed by atoms with Gasteiger partial charge in [0.1, 0.15) is 6.10 Å². The van der Waals surface area contributed by atoms with E-state index in [0.29, 0.717) is 6.42 Å². The quantitative estimate of drug-likeness (QED) is 0.192. The second kappa shape index (κ2) is 15.7. The van der Waals surface area contributed by atoms with E-state index in [1.165, 1.54) is 62.7 Å². The molecule has 1 saturated heterocycles. The number of hydrogen-bond acceptors (Lipinski definition) is 3. The van der Waals surface area contributed by atoms with Crippen LogP contribution < -0.4 is 0 Å². The molecule has 4 nitrogen and oxygen atoms in total. The molecular formula is C28H43NO3. The van der Waals surface area contributed by atoms with Crippen molar-refractivity contribution in [2.75, 3.05) is 0 Å². The first-order valence-corrected chi connectivity index (χ1v) is 12.9. The Morgan fingerprint density at radius 1 is 0.875 bits per heavy atom. The summed E-state index contributed by atoms with van der Waals surface area (Å²) in [7, 11) is 0. The normalized spacial score (nSPS) is 18.4. The Morgan fingerprint density at radius 3 is 2.06 bits per heavy atom. The van der Waals surface area contributed by atoms with Crippen molar-refractivity contribution in [1.29, 1.82) is 0 Å². The molecule has 0 aliphatic carbocycles. The van der Waals surface area contributed by atoms with Gasteiger partial charge < -0.3 is 4.74 Å². The fourth-order valence-corrected chi connectivity index (χ4v) is 4.35. The lowest BCUT2D eigenvalue weighted by atomic mass is 10.0. The smallest absolute Gasteiger partial charge is 0.417 e. The van der Waals surface area contributed by atoms with Crippen LogP contribution in [0.5, 0.6) is 0 Å². The number of cyclic esters (lactones) is 1. The van der Waals surface area contributed by atoms with Crippen molar-refractivity contribution in [3.63, 3.8) is 0 Å². The van der Waals surface area contributed by atoms with E-state index < -0.39 is 6.09 Å². The third-order valence-electron chi connectivity index (χ3n) is 6.32. The lowest BCUT2D eigenvalue weighted by Gasteiger charge is -2.19. The predicted molar refractivity (Wildman–Crippen MR) is 131 cm³/mol. The maximum atomic E-state index is 12.6. The molecule has 0 aromatic heterocycles. The van der Waals surface area contributed by atoms with Gasteiger partial charge in [0.2, 0.25) is 5.91 Å². The Hall–Kier alpha value is -2.10. The Kier molecular flexibility index (Phi) is 12.8. The first kappa shape index (κ1) is 26.2. The van der Waals surface area contributed by atoms with Gasteiger partial charge in [-0.25, -0.2) is 9.69 Å². The van der Waals surface area contributed by atoms with Crippen molar-refractivity contribution >= 4 is 12.0 Å². The number of carbonyl (C=O) groups is 2. The molecule has 1 fully saturated rings. The second-order valence-electron chi connectivity index (χ2n) is 9.05. The van der Waals surface area contributed by atoms with E-state index in [1.807, 2.05) is 37.3 Å². The number of unbranched alkanes of at least 4 members (excludes halogenated alkanes) is 11. The summed E-state index contributed by atoms with van der Waals surface area (Å²) in [5.41, 5.74) is 0.935. The highest BCUT2D eigenvalue weighted by molar-refractivity contribution is 5.93. The van der Waals surface area contributed by atoms with E-state index >= 15 is 0 Å². The molecule has 0 spiro atoms. The topological polar surface area (TPSA) is 46.6 Å². The van der Waals surface area contributed by atoms with E-state index in [2.05, 4.69) is 19.1 Å². The summed E-state index contributed by atoms with van der Waals surface area (Å²) in [4.78, 5) is 26.2. The van der Waals surface area contributed by atoms with Crippen LogP contribution >= 0.6 is 0 Å². The average Bonchev–Trinajstić information content (AvgIpc) is 3.10. The van der Waals surface area contributed by atoms with Crippen LogP contribution in [0.4, 0.5) is 4.79 Å². The Bertz CT molecular complexity index is 685. The molecule has 1 aromatic rings. The molecule has 4 heteroatoms. The zero-order chi connectivity index (χ0) is 23.0. The standard InChI is InChI=1S/C28H43NO3/c1-3-4-5-6-7-8-9-10-11-12-13-14-15-16-20-23-26(30)29-24(2)27(32-28(29)31)25-21-18-17-19-22-25/h10-11,17-19,21-22,24,27H,3-9,12-16,20,23H2,1-2H3/b11-10-/t24-,27-/m1/s1. The van der Waals surface area contributed by atoms with Gasteiger partial charge in [0.25, 0.3) is 0 Å². The third kappa shape index (κ3) is 9.18. The largest absolute Gasteiger partial charge is 0.439 e. The molecule has 0 bridgehead atoms. The molecule has 0 radical (unpaired) electrons. The lowest BCUT2D eigenvalue weighted by molar-refractivity contribution is -0.129. The molecule has 0 saturated carbocycles. The van der Waals surface area contributed by atoms with Crippen molar-refractivity contribution in [2.24, 2.45) is 0 Å². The second-order valence-corrected chi connectivity index (χ2v) is 9.05. The molecule has 32 heavy (non-hydrogen) atoms. The van der Waals surface area contributed by atoms with Gasteiger partial charge in [-0.1, -0.05) is 101 Å². The zero-order valence-electron chi connectivity index (χ0n) is 20.3. The van der Waals surface area contributed by atoms with E-state index in [9.17, 15) is 9.59 Å². The summed E-state index contributed by atoms with van der Waals surface area (Å²) in [5, 5.41) is 0. The number of nitrogens with zero attached hydrogens (tertiary/aromatic N) is 1. The monoisotopic (exact) mass is 441 g/mol. The fraction of sp³-hybridized carbons (Fsp3) is 0.643. The lowest BCUT2D eigenvalue weighted by Crippen LogP contribution is -2.37. The Labute approximate surface area is 195 Å². The first-order chi connectivity index (χ1) is 15.6. The van der Waals surface area contributed by atoms with Crippen LogP contribution in [0.3, 0.4) is 0 Å². The predicted octanol–water partition coefficient (Wildman–Crippen LogP) is 8.13. The summed E-state index contributed by atoms with van der Waals surface area (Å²) < 4.78 is 5.48. The van der Waals surface area contributed by atoms with Crippen LogP contribution in [0, 0.1) is 0 Å². The maximum Gasteiger partial charge on any atom is 0.417 e. The summed E-state index contributed by atoms with van der Waals surface area (Å²) in [6, 6.07) is 9.39. The van der Waals surface area contributed by atoms with E-state index in [4.69, 9.17) is 4.74 Å². The number of rotatable bonds is 16. The maximum absolute atomic E-state index is 12.6. The molecule has 0 unspecified atom stereocenters. The number of carbonyl (C=O) groups excluding carboxylic acids is 2. The first-order valence-electron chi connectivity index (χ1n) is 12.9. The van der Waals surface area contributed by atoms with Gasteiger partial charge >= 0.3 is 6.09 Å². The Balaban J connectivity index is 1.50. The molecule has 0 N–H and O–H groups in total. The summed E-state index contributed by atoms with van der Waals surface area (Å²) in [5.74, 6) is -0.112. The zero-order valence-corrected chi connectivity index (χ0v) is 20.3. The number of imide groups is 1. The van der Waals surface area contributed by atoms with Gasteiger partial charge in [-0.3, -0.25) is 4.79 Å². The van der Waals surface area contributed by atoms with Gasteiger partial charge in [0.05, 0.1) is 6.04 Å². The number of amides is 2. The molecule has 178 valence electrons. The summed E-state index contributed by atoms with van der Waals surface area (Å²) in [6.07, 6.45) is 20.2. The van der Waals surface area contributed by atoms with Gasteiger partial charge in [-0.05, 0) is 44.6 Å². The molecule has 1 aromatic carbocycles. The molecule has 2 atom stereocenters. The highest BCUT2D eigenvalue weighted by Gasteiger charge is 2.42. The highest BCUT2D eigenvalue weighted by Crippen LogP contribution is 2.32. The van der Waals surface area contributed by atoms with Crippen molar-refractivity contribution in [3.05, 3.63) is 48.0 Å². The Morgan fingerprint density at radius 2 is 1.44 bits per heavy atom. The number of allylic oxidation sites excluding steroid dienone is 2. The van der Waals surface area contributed by atoms with Crippen LogP contribution in [0.25, 0.3) is 0 Å². The van der Waals surface area contributed by atoms with E-state index in [0.717, 1.165) is 31.2 Å². The highest BCUT2D eigenvalue weighted by atomic mass is 16.6. The van der Waals surface area contributed by atoms with Gasteiger partial charge in [-0.15, -0.1) is 0 Å². The number of ether oxygens (including phenoxy) is 1. The van der Waals surface area contributed by atoms with Crippen LogP contribution in [0.1, 0.15) is 115 Å². The summed E-state index contributed by atoms with van der Waals surface area (Å²) in [6.45, 7) is 4.15. The van der Waals surface area contributed by atoms with Crippen LogP contribution in [-0.2, 0) is 9.53 Å². The molecule has 2 rings (SSSR count). The molecular weight excluding hydrogens is 398 g/mol. The SMILES string of the molecule is CCCCCCCC/C=C\CCCCCCCC(=O)N1C(=O)O[C@@H](c2ccccc2)[C@H]1C. The number of benzene rings is 1. The van der Waals surface area contributed by atoms with E-state index in [-0.39, 0.29) is 18.1 Å². The van der Waals surface area contributed by atoms with Gasteiger partial charge in [0.15, 0.2) is 0 Å². The van der Waals surface area contributed by atoms with E-state index in [1.54, 1.807) is 0 Å². The van der Waals surface area contributed by atoms with Crippen molar-refractivity contribution < 1.29 is 14.3 Å². The summed E-state index contributed by atoms with van der Waals surface area (Å²) >= 11 is 0. The van der Waals surface area contributed by atoms with Crippen LogP contribution in [-0.4, -0.2) is 22.9 Å². The van der Waals surface area contributed by atoms with Crippen LogP contribution in [0.2, 0.25) is 0 Å². The third-order valence-corrected chi connectivity index (χ3v) is 6.32. The molecule has 1 aliphatic rings. The minimum atomic E-state index is -0.510. The van der Waals surface area contributed by atoms with Crippen molar-refractivity contribution in [2.45, 2.75) is 116 Å². The fourth-order valence-electron chi connectivity index (χ4n) is 4.35.